The fourth-order valence-electron chi connectivity index (χ4n) is 4.51. The third kappa shape index (κ3) is 4.51. The minimum absolute atomic E-state index is 0.0167. The standard InChI is InChI=1S/C23H23ClF2N2O3/c24-17-2-1-3-18(25)16(17)11-21(30)28-12-23(13-28)8-6-15(7-9-23)27-22(31)14-4-5-20(29)19(26)10-14/h1-5,10,15,29H,6-9,11-13H2,(H,27,31). The lowest BCUT2D eigenvalue weighted by atomic mass is 9.67. The van der Waals surface area contributed by atoms with Crippen molar-refractivity contribution in [3.05, 3.63) is 64.2 Å². The highest BCUT2D eigenvalue weighted by Crippen LogP contribution is 2.44. The molecule has 1 aliphatic carbocycles. The summed E-state index contributed by atoms with van der Waals surface area (Å²) >= 11 is 6.02. The number of benzene rings is 2. The Hall–Kier alpha value is -2.67. The van der Waals surface area contributed by atoms with Crippen molar-refractivity contribution in [2.45, 2.75) is 38.1 Å². The fraction of sp³-hybridized carbons (Fsp3) is 0.391. The van der Waals surface area contributed by atoms with Crippen molar-refractivity contribution in [2.75, 3.05) is 13.1 Å². The van der Waals surface area contributed by atoms with Crippen LogP contribution in [0.1, 0.15) is 41.6 Å². The maximum Gasteiger partial charge on any atom is 0.251 e. The van der Waals surface area contributed by atoms with Gasteiger partial charge in [-0.2, -0.15) is 0 Å². The van der Waals surface area contributed by atoms with Gasteiger partial charge in [-0.3, -0.25) is 9.59 Å². The van der Waals surface area contributed by atoms with Gasteiger partial charge in [0.25, 0.3) is 5.91 Å². The molecule has 2 aromatic rings. The Labute approximate surface area is 184 Å². The van der Waals surface area contributed by atoms with E-state index in [1.54, 1.807) is 11.0 Å². The first-order valence-corrected chi connectivity index (χ1v) is 10.6. The van der Waals surface area contributed by atoms with Crippen molar-refractivity contribution in [1.29, 1.82) is 0 Å². The highest BCUT2D eigenvalue weighted by atomic mass is 35.5. The van der Waals surface area contributed by atoms with Crippen LogP contribution in [0.5, 0.6) is 5.75 Å². The molecule has 2 N–H and O–H groups in total. The second-order valence-electron chi connectivity index (χ2n) is 8.54. The predicted octanol–water partition coefficient (Wildman–Crippen LogP) is 4.07. The molecule has 2 aliphatic rings. The Morgan fingerprint density at radius 3 is 2.48 bits per heavy atom. The number of phenols is 1. The van der Waals surface area contributed by atoms with Crippen LogP contribution in [0.2, 0.25) is 5.02 Å². The van der Waals surface area contributed by atoms with Crippen LogP contribution in [0.3, 0.4) is 0 Å². The van der Waals surface area contributed by atoms with Gasteiger partial charge in [0.2, 0.25) is 5.91 Å². The first-order chi connectivity index (χ1) is 14.8. The minimum atomic E-state index is -0.828. The molecule has 1 spiro atoms. The van der Waals surface area contributed by atoms with Crippen molar-refractivity contribution >= 4 is 23.4 Å². The van der Waals surface area contributed by atoms with E-state index in [0.29, 0.717) is 13.1 Å². The van der Waals surface area contributed by atoms with Gasteiger partial charge < -0.3 is 15.3 Å². The first kappa shape index (κ1) is 21.6. The molecule has 1 saturated carbocycles. The van der Waals surface area contributed by atoms with Gasteiger partial charge in [-0.15, -0.1) is 0 Å². The Kier molecular flexibility index (Phi) is 5.88. The molecule has 1 heterocycles. The van der Waals surface area contributed by atoms with Crippen molar-refractivity contribution in [3.63, 3.8) is 0 Å². The maximum atomic E-state index is 13.9. The molecule has 31 heavy (non-hydrogen) atoms. The molecule has 0 aromatic heterocycles. The van der Waals surface area contributed by atoms with Crippen LogP contribution in [0, 0.1) is 17.0 Å². The van der Waals surface area contributed by atoms with Crippen molar-refractivity contribution in [1.82, 2.24) is 10.2 Å². The summed E-state index contributed by atoms with van der Waals surface area (Å²) in [7, 11) is 0. The quantitative estimate of drug-likeness (QED) is 0.740. The Balaban J connectivity index is 1.26. The molecule has 0 radical (unpaired) electrons. The molecular formula is C23H23ClF2N2O3. The molecule has 0 bridgehead atoms. The van der Waals surface area contributed by atoms with Gasteiger partial charge in [0, 0.05) is 40.7 Å². The monoisotopic (exact) mass is 448 g/mol. The third-order valence-corrected chi connectivity index (χ3v) is 6.74. The van der Waals surface area contributed by atoms with E-state index in [0.717, 1.165) is 37.8 Å². The number of hydrogen-bond donors (Lipinski definition) is 2. The highest BCUT2D eigenvalue weighted by molar-refractivity contribution is 6.31. The van der Waals surface area contributed by atoms with Gasteiger partial charge in [0.1, 0.15) is 5.82 Å². The van der Waals surface area contributed by atoms with E-state index >= 15 is 0 Å². The normalized spacial score (nSPS) is 18.0. The van der Waals surface area contributed by atoms with Crippen LogP contribution >= 0.6 is 11.6 Å². The summed E-state index contributed by atoms with van der Waals surface area (Å²) in [5.41, 5.74) is 0.440. The highest BCUT2D eigenvalue weighted by Gasteiger charge is 2.47. The van der Waals surface area contributed by atoms with Gasteiger partial charge >= 0.3 is 0 Å². The summed E-state index contributed by atoms with van der Waals surface area (Å²) in [6, 6.07) is 7.94. The van der Waals surface area contributed by atoms with Crippen LogP contribution in [-0.4, -0.2) is 41.0 Å². The number of phenolic OH excluding ortho intramolecular Hbond substituents is 1. The number of rotatable bonds is 4. The summed E-state index contributed by atoms with van der Waals surface area (Å²) in [5, 5.41) is 12.4. The second kappa shape index (κ2) is 8.46. The van der Waals surface area contributed by atoms with Crippen molar-refractivity contribution in [2.24, 2.45) is 5.41 Å². The summed E-state index contributed by atoms with van der Waals surface area (Å²) in [4.78, 5) is 26.6. The van der Waals surface area contributed by atoms with Gasteiger partial charge in [-0.1, -0.05) is 17.7 Å². The summed E-state index contributed by atoms with van der Waals surface area (Å²) in [5.74, 6) is -2.29. The number of nitrogens with one attached hydrogen (secondary N) is 1. The Morgan fingerprint density at radius 2 is 1.84 bits per heavy atom. The molecule has 1 aliphatic heterocycles. The number of likely N-dealkylation sites (tertiary alicyclic amines) is 1. The molecule has 0 unspecified atom stereocenters. The van der Waals surface area contributed by atoms with Crippen LogP contribution < -0.4 is 5.32 Å². The van der Waals surface area contributed by atoms with Gasteiger partial charge in [-0.05, 0) is 56.0 Å². The number of amides is 2. The summed E-state index contributed by atoms with van der Waals surface area (Å²) in [6.07, 6.45) is 3.22. The number of hydrogen-bond acceptors (Lipinski definition) is 3. The zero-order valence-electron chi connectivity index (χ0n) is 16.8. The molecule has 2 amide bonds. The zero-order chi connectivity index (χ0) is 22.2. The molecule has 8 heteroatoms. The largest absolute Gasteiger partial charge is 0.505 e. The zero-order valence-corrected chi connectivity index (χ0v) is 17.6. The number of aromatic hydroxyl groups is 1. The number of carbonyl (C=O) groups excluding carboxylic acids is 2. The molecular weight excluding hydrogens is 426 g/mol. The molecule has 4 rings (SSSR count). The molecule has 1 saturated heterocycles. The molecule has 2 fully saturated rings. The third-order valence-electron chi connectivity index (χ3n) is 6.39. The van der Waals surface area contributed by atoms with E-state index in [1.807, 2.05) is 0 Å². The number of halogens is 3. The Bertz CT molecular complexity index is 994. The summed E-state index contributed by atoms with van der Waals surface area (Å²) in [6.45, 7) is 1.25. The smallest absolute Gasteiger partial charge is 0.251 e. The number of nitrogens with zero attached hydrogens (tertiary/aromatic N) is 1. The van der Waals surface area contributed by atoms with E-state index in [9.17, 15) is 23.5 Å². The first-order valence-electron chi connectivity index (χ1n) is 10.3. The number of carbonyl (C=O) groups is 2. The lowest BCUT2D eigenvalue weighted by Gasteiger charge is -2.53. The predicted molar refractivity (Wildman–Crippen MR) is 112 cm³/mol. The van der Waals surface area contributed by atoms with Crippen molar-refractivity contribution < 1.29 is 23.5 Å². The van der Waals surface area contributed by atoms with E-state index < -0.39 is 17.4 Å². The van der Waals surface area contributed by atoms with Crippen LogP contribution in [0.25, 0.3) is 0 Å². The molecule has 0 atom stereocenters. The average Bonchev–Trinajstić information content (AvgIpc) is 2.71. The average molecular weight is 449 g/mol. The van der Waals surface area contributed by atoms with E-state index in [2.05, 4.69) is 5.32 Å². The lowest BCUT2D eigenvalue weighted by Crippen LogP contribution is -2.60. The Morgan fingerprint density at radius 1 is 1.13 bits per heavy atom. The molecule has 164 valence electrons. The lowest BCUT2D eigenvalue weighted by molar-refractivity contribution is -0.145. The van der Waals surface area contributed by atoms with E-state index in [1.165, 1.54) is 18.2 Å². The fourth-order valence-corrected chi connectivity index (χ4v) is 4.74. The van der Waals surface area contributed by atoms with Crippen LogP contribution in [0.15, 0.2) is 36.4 Å². The minimum Gasteiger partial charge on any atom is -0.505 e. The van der Waals surface area contributed by atoms with E-state index in [-0.39, 0.29) is 45.8 Å². The molecule has 5 nitrogen and oxygen atoms in total. The maximum absolute atomic E-state index is 13.9. The van der Waals surface area contributed by atoms with E-state index in [4.69, 9.17) is 11.6 Å². The van der Waals surface area contributed by atoms with Crippen LogP contribution in [0.4, 0.5) is 8.78 Å². The van der Waals surface area contributed by atoms with Gasteiger partial charge in [0.05, 0.1) is 6.42 Å². The van der Waals surface area contributed by atoms with Gasteiger partial charge in [0.15, 0.2) is 11.6 Å². The SMILES string of the molecule is O=C(NC1CCC2(CC1)CN(C(=O)Cc1c(F)cccc1Cl)C2)c1ccc(O)c(F)c1. The molecule has 2 aromatic carbocycles. The topological polar surface area (TPSA) is 69.6 Å². The summed E-state index contributed by atoms with van der Waals surface area (Å²) < 4.78 is 27.4. The van der Waals surface area contributed by atoms with Gasteiger partial charge in [-0.25, -0.2) is 8.78 Å². The second-order valence-corrected chi connectivity index (χ2v) is 8.95. The van der Waals surface area contributed by atoms with Crippen molar-refractivity contribution in [3.8, 4) is 5.75 Å². The van der Waals surface area contributed by atoms with Crippen LogP contribution in [-0.2, 0) is 11.2 Å².